The van der Waals surface area contributed by atoms with Crippen molar-refractivity contribution in [3.05, 3.63) is 34.3 Å². The van der Waals surface area contributed by atoms with Crippen molar-refractivity contribution in [2.75, 3.05) is 0 Å². The number of alkyl halides is 2. The molecule has 1 rings (SSSR count). The number of hydrogen-bond donors (Lipinski definition) is 0. The normalized spacial score (nSPS) is 12.9. The number of carbonyl (C=O) groups excluding carboxylic acids is 1. The third kappa shape index (κ3) is 2.99. The van der Waals surface area contributed by atoms with Gasteiger partial charge < -0.3 is 4.79 Å². The van der Waals surface area contributed by atoms with Gasteiger partial charge in [0, 0.05) is 17.0 Å². The number of hydrogen-bond acceptors (Lipinski definition) is 1. The van der Waals surface area contributed by atoms with Crippen LogP contribution >= 0.6 is 11.6 Å². The molecule has 0 aliphatic rings. The predicted octanol–water partition coefficient (Wildman–Crippen LogP) is 3.97. The molecule has 0 fully saturated rings. The summed E-state index contributed by atoms with van der Waals surface area (Å²) in [6, 6.07) is 4.24. The van der Waals surface area contributed by atoms with E-state index in [0.717, 1.165) is 6.29 Å². The largest absolute Gasteiger partial charge is 0.303 e. The van der Waals surface area contributed by atoms with E-state index >= 15 is 0 Å². The maximum absolute atomic E-state index is 12.6. The molecule has 1 unspecified atom stereocenters. The van der Waals surface area contributed by atoms with Gasteiger partial charge in [-0.25, -0.2) is 8.78 Å². The van der Waals surface area contributed by atoms with Crippen LogP contribution in [0.1, 0.15) is 36.8 Å². The number of rotatable bonds is 4. The summed E-state index contributed by atoms with van der Waals surface area (Å²) < 4.78 is 25.3. The van der Waals surface area contributed by atoms with E-state index in [1.807, 2.05) is 0 Å². The number of halogens is 3. The van der Waals surface area contributed by atoms with Crippen LogP contribution in [0.15, 0.2) is 18.2 Å². The van der Waals surface area contributed by atoms with Crippen LogP contribution in [0.3, 0.4) is 0 Å². The van der Waals surface area contributed by atoms with Gasteiger partial charge in [0.1, 0.15) is 6.29 Å². The molecule has 1 nitrogen and oxygen atoms in total. The first kappa shape index (κ1) is 12.1. The second-order valence-corrected chi connectivity index (χ2v) is 3.81. The molecular weight excluding hydrogens is 222 g/mol. The number of aldehydes is 1. The summed E-state index contributed by atoms with van der Waals surface area (Å²) in [5.41, 5.74) is 0.401. The maximum Gasteiger partial charge on any atom is 0.264 e. The molecule has 0 aromatic heterocycles. The maximum atomic E-state index is 12.6. The molecule has 0 N–H and O–H groups in total. The lowest BCUT2D eigenvalue weighted by Gasteiger charge is -2.14. The molecule has 1 atom stereocenters. The van der Waals surface area contributed by atoms with E-state index in [9.17, 15) is 13.6 Å². The predicted molar refractivity (Wildman–Crippen MR) is 55.5 cm³/mol. The quantitative estimate of drug-likeness (QED) is 0.718. The van der Waals surface area contributed by atoms with Crippen molar-refractivity contribution in [3.8, 4) is 0 Å². The summed E-state index contributed by atoms with van der Waals surface area (Å²) in [5, 5.41) is 0.409. The minimum Gasteiger partial charge on any atom is -0.303 e. The first-order valence-electron chi connectivity index (χ1n) is 4.57. The molecule has 0 radical (unpaired) electrons. The van der Waals surface area contributed by atoms with E-state index in [-0.39, 0.29) is 17.9 Å². The van der Waals surface area contributed by atoms with Gasteiger partial charge in [0.2, 0.25) is 0 Å². The molecule has 1 aromatic rings. The molecule has 82 valence electrons. The molecule has 0 saturated carbocycles. The van der Waals surface area contributed by atoms with Gasteiger partial charge in [-0.05, 0) is 23.6 Å². The summed E-state index contributed by atoms with van der Waals surface area (Å²) in [7, 11) is 0. The van der Waals surface area contributed by atoms with Crippen molar-refractivity contribution in [2.24, 2.45) is 0 Å². The van der Waals surface area contributed by atoms with Gasteiger partial charge in [-0.3, -0.25) is 0 Å². The third-order valence-corrected chi connectivity index (χ3v) is 2.50. The van der Waals surface area contributed by atoms with Crippen LogP contribution in [0.4, 0.5) is 8.78 Å². The Hall–Kier alpha value is -0.960. The summed E-state index contributed by atoms with van der Waals surface area (Å²) in [5.74, 6) is -0.231. The second kappa shape index (κ2) is 5.21. The fourth-order valence-corrected chi connectivity index (χ4v) is 1.62. The highest BCUT2D eigenvalue weighted by Gasteiger charge is 2.17. The zero-order chi connectivity index (χ0) is 11.4. The van der Waals surface area contributed by atoms with Crippen LogP contribution in [0.2, 0.25) is 5.02 Å². The van der Waals surface area contributed by atoms with E-state index in [4.69, 9.17) is 11.6 Å². The molecule has 0 saturated heterocycles. The topological polar surface area (TPSA) is 17.1 Å². The molecule has 0 amide bonds. The van der Waals surface area contributed by atoms with Gasteiger partial charge >= 0.3 is 0 Å². The molecule has 0 heterocycles. The minimum atomic E-state index is -2.54. The van der Waals surface area contributed by atoms with E-state index in [1.54, 1.807) is 6.92 Å². The van der Waals surface area contributed by atoms with Gasteiger partial charge in [0.15, 0.2) is 0 Å². The summed E-state index contributed by atoms with van der Waals surface area (Å²) in [4.78, 5) is 10.3. The van der Waals surface area contributed by atoms with Crippen LogP contribution in [-0.4, -0.2) is 6.29 Å². The van der Waals surface area contributed by atoms with Crippen molar-refractivity contribution in [3.63, 3.8) is 0 Å². The molecule has 0 spiro atoms. The Morgan fingerprint density at radius 3 is 2.60 bits per heavy atom. The first-order chi connectivity index (χ1) is 7.06. The lowest BCUT2D eigenvalue weighted by molar-refractivity contribution is -0.108. The highest BCUT2D eigenvalue weighted by atomic mass is 35.5. The monoisotopic (exact) mass is 232 g/mol. The molecule has 0 bridgehead atoms. The Balaban J connectivity index is 3.11. The van der Waals surface area contributed by atoms with Crippen molar-refractivity contribution in [2.45, 2.75) is 25.7 Å². The summed E-state index contributed by atoms with van der Waals surface area (Å²) in [6.45, 7) is 1.73. The van der Waals surface area contributed by atoms with Crippen molar-refractivity contribution in [1.29, 1.82) is 0 Å². The summed E-state index contributed by atoms with van der Waals surface area (Å²) >= 11 is 5.73. The molecular formula is C11H11ClF2O. The minimum absolute atomic E-state index is 0.0475. The highest BCUT2D eigenvalue weighted by Crippen LogP contribution is 2.31. The SMILES string of the molecule is CC(CC=O)c1cc(Cl)ccc1C(F)F. The van der Waals surface area contributed by atoms with E-state index < -0.39 is 6.43 Å². The van der Waals surface area contributed by atoms with Crippen LogP contribution in [0.25, 0.3) is 0 Å². The van der Waals surface area contributed by atoms with Crippen LogP contribution < -0.4 is 0 Å². The van der Waals surface area contributed by atoms with E-state index in [1.165, 1.54) is 18.2 Å². The Morgan fingerprint density at radius 2 is 2.07 bits per heavy atom. The Labute approximate surface area is 92.1 Å². The fourth-order valence-electron chi connectivity index (χ4n) is 1.44. The van der Waals surface area contributed by atoms with Gasteiger partial charge in [-0.2, -0.15) is 0 Å². The Morgan fingerprint density at radius 1 is 1.40 bits per heavy atom. The lowest BCUT2D eigenvalue weighted by atomic mass is 9.94. The van der Waals surface area contributed by atoms with Crippen LogP contribution in [0, 0.1) is 0 Å². The van der Waals surface area contributed by atoms with Crippen molar-refractivity contribution in [1.82, 2.24) is 0 Å². The second-order valence-electron chi connectivity index (χ2n) is 3.38. The standard InChI is InChI=1S/C11H11ClF2O/c1-7(4-5-15)10-6-8(12)2-3-9(10)11(13)14/h2-3,5-7,11H,4H2,1H3. The average Bonchev–Trinajstić information content (AvgIpc) is 2.17. The van der Waals surface area contributed by atoms with Gasteiger partial charge in [0.05, 0.1) is 0 Å². The average molecular weight is 233 g/mol. The van der Waals surface area contributed by atoms with E-state index in [2.05, 4.69) is 0 Å². The molecule has 0 aliphatic heterocycles. The Kier molecular flexibility index (Phi) is 4.21. The van der Waals surface area contributed by atoms with Gasteiger partial charge in [-0.1, -0.05) is 24.6 Å². The van der Waals surface area contributed by atoms with Gasteiger partial charge in [-0.15, -0.1) is 0 Å². The van der Waals surface area contributed by atoms with Crippen LogP contribution in [0.5, 0.6) is 0 Å². The first-order valence-corrected chi connectivity index (χ1v) is 4.95. The highest BCUT2D eigenvalue weighted by molar-refractivity contribution is 6.30. The van der Waals surface area contributed by atoms with E-state index in [0.29, 0.717) is 10.6 Å². The van der Waals surface area contributed by atoms with Crippen molar-refractivity contribution < 1.29 is 13.6 Å². The zero-order valence-corrected chi connectivity index (χ0v) is 8.97. The number of carbonyl (C=O) groups is 1. The van der Waals surface area contributed by atoms with Gasteiger partial charge in [0.25, 0.3) is 6.43 Å². The zero-order valence-electron chi connectivity index (χ0n) is 8.21. The Bertz CT molecular complexity index is 352. The molecule has 15 heavy (non-hydrogen) atoms. The fraction of sp³-hybridized carbons (Fsp3) is 0.364. The van der Waals surface area contributed by atoms with Crippen LogP contribution in [-0.2, 0) is 4.79 Å². The smallest absolute Gasteiger partial charge is 0.264 e. The molecule has 0 aliphatic carbocycles. The third-order valence-electron chi connectivity index (χ3n) is 2.26. The molecule has 1 aromatic carbocycles. The molecule has 4 heteroatoms. The number of benzene rings is 1. The lowest BCUT2D eigenvalue weighted by Crippen LogP contribution is -2.00. The van der Waals surface area contributed by atoms with Crippen molar-refractivity contribution >= 4 is 17.9 Å². The summed E-state index contributed by atoms with van der Waals surface area (Å²) in [6.07, 6.45) is -1.59.